The molecule has 0 saturated carbocycles. The molecule has 0 aliphatic carbocycles. The maximum absolute atomic E-state index is 11.6. The Hall–Kier alpha value is -0.770. The molecular formula is C10H19N3O. The molecule has 1 unspecified atom stereocenters. The summed E-state index contributed by atoms with van der Waals surface area (Å²) in [4.78, 5) is 13.6. The van der Waals surface area contributed by atoms with Crippen LogP contribution in [0.15, 0.2) is 0 Å². The highest BCUT2D eigenvalue weighted by Gasteiger charge is 2.36. The molecule has 2 aliphatic heterocycles. The smallest absolute Gasteiger partial charge is 0.318 e. The number of rotatable bonds is 3. The third kappa shape index (κ3) is 1.85. The molecule has 4 heteroatoms. The second-order valence-corrected chi connectivity index (χ2v) is 4.74. The second kappa shape index (κ2) is 3.77. The standard InChI is InChI=1S/C10H19N3O/c1-7(2)3-8-6-13(10(14)12-8)9-4-11-5-9/h7-9,11H,3-6H2,1-2H3,(H,12,14). The summed E-state index contributed by atoms with van der Waals surface area (Å²) in [5.41, 5.74) is 0. The number of carbonyl (C=O) groups is 1. The summed E-state index contributed by atoms with van der Waals surface area (Å²) in [6.07, 6.45) is 1.09. The van der Waals surface area contributed by atoms with Crippen LogP contribution in [-0.2, 0) is 0 Å². The SMILES string of the molecule is CC(C)CC1CN(C2CNC2)C(=O)N1. The highest BCUT2D eigenvalue weighted by Crippen LogP contribution is 2.16. The normalized spacial score (nSPS) is 28.1. The van der Waals surface area contributed by atoms with Crippen LogP contribution in [-0.4, -0.2) is 42.6 Å². The summed E-state index contributed by atoms with van der Waals surface area (Å²) in [7, 11) is 0. The Morgan fingerprint density at radius 2 is 2.21 bits per heavy atom. The Morgan fingerprint density at radius 1 is 1.50 bits per heavy atom. The quantitative estimate of drug-likeness (QED) is 0.688. The Labute approximate surface area is 85.0 Å². The zero-order chi connectivity index (χ0) is 10.1. The van der Waals surface area contributed by atoms with E-state index in [1.807, 2.05) is 4.90 Å². The summed E-state index contributed by atoms with van der Waals surface area (Å²) >= 11 is 0. The molecule has 0 bridgehead atoms. The maximum atomic E-state index is 11.6. The second-order valence-electron chi connectivity index (χ2n) is 4.74. The number of nitrogens with zero attached hydrogens (tertiary/aromatic N) is 1. The molecule has 4 nitrogen and oxygen atoms in total. The van der Waals surface area contributed by atoms with E-state index in [1.165, 1.54) is 0 Å². The van der Waals surface area contributed by atoms with Gasteiger partial charge in [-0.05, 0) is 12.3 Å². The lowest BCUT2D eigenvalue weighted by atomic mass is 10.0. The van der Waals surface area contributed by atoms with Gasteiger partial charge in [0.25, 0.3) is 0 Å². The van der Waals surface area contributed by atoms with Crippen LogP contribution >= 0.6 is 0 Å². The lowest BCUT2D eigenvalue weighted by Crippen LogP contribution is -2.57. The summed E-state index contributed by atoms with van der Waals surface area (Å²) in [5, 5.41) is 6.24. The van der Waals surface area contributed by atoms with Gasteiger partial charge in [0.15, 0.2) is 0 Å². The fourth-order valence-electron chi connectivity index (χ4n) is 2.13. The maximum Gasteiger partial charge on any atom is 0.318 e. The lowest BCUT2D eigenvalue weighted by molar-refractivity contribution is 0.172. The molecule has 2 fully saturated rings. The van der Waals surface area contributed by atoms with Crippen LogP contribution in [0.4, 0.5) is 4.79 Å². The van der Waals surface area contributed by atoms with E-state index in [0.29, 0.717) is 18.0 Å². The Kier molecular flexibility index (Phi) is 2.63. The average molecular weight is 197 g/mol. The molecule has 0 aromatic rings. The van der Waals surface area contributed by atoms with Gasteiger partial charge in [-0.1, -0.05) is 13.8 Å². The van der Waals surface area contributed by atoms with Crippen molar-refractivity contribution in [1.82, 2.24) is 15.5 Å². The molecule has 2 aliphatic rings. The molecule has 14 heavy (non-hydrogen) atoms. The first kappa shape index (κ1) is 9.77. The summed E-state index contributed by atoms with van der Waals surface area (Å²) in [6.45, 7) is 7.20. The van der Waals surface area contributed by atoms with E-state index in [2.05, 4.69) is 24.5 Å². The van der Waals surface area contributed by atoms with Gasteiger partial charge in [0.2, 0.25) is 0 Å². The third-order valence-electron chi connectivity index (χ3n) is 2.96. The van der Waals surface area contributed by atoms with Gasteiger partial charge in [0, 0.05) is 25.7 Å². The minimum Gasteiger partial charge on any atom is -0.333 e. The molecule has 2 N–H and O–H groups in total. The average Bonchev–Trinajstić information content (AvgIpc) is 2.27. The number of urea groups is 1. The minimum absolute atomic E-state index is 0.127. The highest BCUT2D eigenvalue weighted by molar-refractivity contribution is 5.77. The zero-order valence-electron chi connectivity index (χ0n) is 8.92. The van der Waals surface area contributed by atoms with Crippen molar-refractivity contribution in [3.63, 3.8) is 0 Å². The molecule has 0 spiro atoms. The Bertz CT molecular complexity index is 225. The summed E-state index contributed by atoms with van der Waals surface area (Å²) in [5.74, 6) is 0.653. The molecule has 0 aromatic carbocycles. The number of amides is 2. The molecule has 0 radical (unpaired) electrons. The molecule has 2 amide bonds. The van der Waals surface area contributed by atoms with E-state index in [1.54, 1.807) is 0 Å². The number of nitrogens with one attached hydrogen (secondary N) is 2. The van der Waals surface area contributed by atoms with Crippen molar-refractivity contribution in [2.75, 3.05) is 19.6 Å². The fourth-order valence-corrected chi connectivity index (χ4v) is 2.13. The molecule has 2 rings (SSSR count). The van der Waals surface area contributed by atoms with Crippen molar-refractivity contribution in [2.24, 2.45) is 5.92 Å². The van der Waals surface area contributed by atoms with E-state index in [9.17, 15) is 4.79 Å². The first-order valence-corrected chi connectivity index (χ1v) is 5.44. The molecule has 2 heterocycles. The van der Waals surface area contributed by atoms with Crippen molar-refractivity contribution in [1.29, 1.82) is 0 Å². The van der Waals surface area contributed by atoms with Gasteiger partial charge in [-0.2, -0.15) is 0 Å². The van der Waals surface area contributed by atoms with Crippen LogP contribution < -0.4 is 10.6 Å². The van der Waals surface area contributed by atoms with E-state index >= 15 is 0 Å². The van der Waals surface area contributed by atoms with Gasteiger partial charge in [-0.3, -0.25) is 0 Å². The van der Waals surface area contributed by atoms with Crippen molar-refractivity contribution in [2.45, 2.75) is 32.4 Å². The van der Waals surface area contributed by atoms with E-state index in [4.69, 9.17) is 0 Å². The first-order chi connectivity index (χ1) is 6.66. The Balaban J connectivity index is 1.86. The summed E-state index contributed by atoms with van der Waals surface area (Å²) in [6, 6.07) is 0.928. The van der Waals surface area contributed by atoms with Gasteiger partial charge < -0.3 is 15.5 Å². The predicted molar refractivity (Wildman–Crippen MR) is 55.1 cm³/mol. The molecule has 2 saturated heterocycles. The zero-order valence-corrected chi connectivity index (χ0v) is 8.92. The number of hydrogen-bond acceptors (Lipinski definition) is 2. The first-order valence-electron chi connectivity index (χ1n) is 5.44. The van der Waals surface area contributed by atoms with Crippen LogP contribution in [0.3, 0.4) is 0 Å². The predicted octanol–water partition coefficient (Wildman–Crippen LogP) is 0.398. The molecule has 0 aromatic heterocycles. The topological polar surface area (TPSA) is 44.4 Å². The molecular weight excluding hydrogens is 178 g/mol. The van der Waals surface area contributed by atoms with Crippen LogP contribution in [0.25, 0.3) is 0 Å². The molecule has 80 valence electrons. The minimum atomic E-state index is 0.127. The van der Waals surface area contributed by atoms with Crippen molar-refractivity contribution < 1.29 is 4.79 Å². The van der Waals surface area contributed by atoms with Gasteiger partial charge in [-0.15, -0.1) is 0 Å². The van der Waals surface area contributed by atoms with E-state index in [-0.39, 0.29) is 6.03 Å². The lowest BCUT2D eigenvalue weighted by Gasteiger charge is -2.34. The van der Waals surface area contributed by atoms with Crippen molar-refractivity contribution in [3.05, 3.63) is 0 Å². The van der Waals surface area contributed by atoms with Gasteiger partial charge in [0.05, 0.1) is 6.04 Å². The molecule has 1 atom stereocenters. The largest absolute Gasteiger partial charge is 0.333 e. The third-order valence-corrected chi connectivity index (χ3v) is 2.96. The van der Waals surface area contributed by atoms with Crippen LogP contribution in [0.5, 0.6) is 0 Å². The number of hydrogen-bond donors (Lipinski definition) is 2. The van der Waals surface area contributed by atoms with Crippen molar-refractivity contribution in [3.8, 4) is 0 Å². The van der Waals surface area contributed by atoms with Gasteiger partial charge in [0.1, 0.15) is 0 Å². The highest BCUT2D eigenvalue weighted by atomic mass is 16.2. The van der Waals surface area contributed by atoms with Crippen LogP contribution in [0.1, 0.15) is 20.3 Å². The van der Waals surface area contributed by atoms with E-state index < -0.39 is 0 Å². The Morgan fingerprint density at radius 3 is 2.71 bits per heavy atom. The van der Waals surface area contributed by atoms with Crippen LogP contribution in [0, 0.1) is 5.92 Å². The summed E-state index contributed by atoms with van der Waals surface area (Å²) < 4.78 is 0. The van der Waals surface area contributed by atoms with Crippen LogP contribution in [0.2, 0.25) is 0 Å². The van der Waals surface area contributed by atoms with E-state index in [0.717, 1.165) is 26.1 Å². The van der Waals surface area contributed by atoms with Crippen molar-refractivity contribution >= 4 is 6.03 Å². The van der Waals surface area contributed by atoms with Gasteiger partial charge in [-0.25, -0.2) is 4.79 Å². The monoisotopic (exact) mass is 197 g/mol. The number of carbonyl (C=O) groups excluding carboxylic acids is 1. The van der Waals surface area contributed by atoms with Gasteiger partial charge >= 0.3 is 6.03 Å². The fraction of sp³-hybridized carbons (Fsp3) is 0.900.